The summed E-state index contributed by atoms with van der Waals surface area (Å²) in [5, 5.41) is 6.53. The molecule has 0 atom stereocenters. The number of benzene rings is 1. The molecule has 0 aliphatic heterocycles. The Morgan fingerprint density at radius 1 is 1.20 bits per heavy atom. The van der Waals surface area contributed by atoms with Crippen LogP contribution in [-0.4, -0.2) is 24.0 Å². The monoisotopic (exact) mass is 344 g/mol. The van der Waals surface area contributed by atoms with Crippen molar-refractivity contribution >= 4 is 5.96 Å². The highest BCUT2D eigenvalue weighted by Gasteiger charge is 2.03. The van der Waals surface area contributed by atoms with Crippen LogP contribution in [0, 0.1) is 11.7 Å². The Kier molecular flexibility index (Phi) is 7.19. The third kappa shape index (κ3) is 6.79. The van der Waals surface area contributed by atoms with Crippen LogP contribution in [0.15, 0.2) is 47.6 Å². The molecular weight excluding hydrogens is 319 g/mol. The summed E-state index contributed by atoms with van der Waals surface area (Å²) in [7, 11) is 0. The van der Waals surface area contributed by atoms with E-state index in [0.717, 1.165) is 24.6 Å². The summed E-state index contributed by atoms with van der Waals surface area (Å²) >= 11 is 0. The molecule has 25 heavy (non-hydrogen) atoms. The van der Waals surface area contributed by atoms with E-state index in [9.17, 15) is 4.39 Å². The molecule has 0 spiro atoms. The summed E-state index contributed by atoms with van der Waals surface area (Å²) < 4.78 is 18.6. The lowest BCUT2D eigenvalue weighted by atomic mass is 10.2. The van der Waals surface area contributed by atoms with Crippen molar-refractivity contribution < 1.29 is 9.13 Å². The minimum absolute atomic E-state index is 0.298. The lowest BCUT2D eigenvalue weighted by molar-refractivity contribution is 0.460. The second kappa shape index (κ2) is 9.61. The van der Waals surface area contributed by atoms with Gasteiger partial charge in [0.05, 0.1) is 6.54 Å². The molecule has 0 bridgehead atoms. The first-order valence-corrected chi connectivity index (χ1v) is 8.47. The van der Waals surface area contributed by atoms with Crippen molar-refractivity contribution in [3.63, 3.8) is 0 Å². The van der Waals surface area contributed by atoms with Crippen LogP contribution in [0.5, 0.6) is 11.6 Å². The summed E-state index contributed by atoms with van der Waals surface area (Å²) in [5.41, 5.74) is 0.980. The van der Waals surface area contributed by atoms with Gasteiger partial charge >= 0.3 is 0 Å². The maximum atomic E-state index is 12.9. The Hall–Kier alpha value is -2.63. The van der Waals surface area contributed by atoms with Gasteiger partial charge in [-0.25, -0.2) is 14.4 Å². The zero-order chi connectivity index (χ0) is 18.1. The van der Waals surface area contributed by atoms with Crippen molar-refractivity contribution in [2.24, 2.45) is 10.9 Å². The molecule has 0 aliphatic carbocycles. The van der Waals surface area contributed by atoms with Gasteiger partial charge in [-0.2, -0.15) is 0 Å². The van der Waals surface area contributed by atoms with Gasteiger partial charge in [0.15, 0.2) is 5.96 Å². The summed E-state index contributed by atoms with van der Waals surface area (Å²) in [4.78, 5) is 8.76. The average molecular weight is 344 g/mol. The van der Waals surface area contributed by atoms with Crippen LogP contribution in [-0.2, 0) is 6.54 Å². The fourth-order valence-corrected chi connectivity index (χ4v) is 2.04. The predicted molar refractivity (Wildman–Crippen MR) is 98.4 cm³/mol. The SMILES string of the molecule is CCNC(=NCc1ccnc(Oc2ccc(F)cc2)c1)NCC(C)C. The number of hydrogen-bond acceptors (Lipinski definition) is 3. The number of hydrogen-bond donors (Lipinski definition) is 2. The number of pyridine rings is 1. The second-order valence-electron chi connectivity index (χ2n) is 6.03. The van der Waals surface area contributed by atoms with Crippen molar-refractivity contribution in [1.29, 1.82) is 0 Å². The molecule has 0 fully saturated rings. The number of guanidine groups is 1. The number of halogens is 1. The number of aromatic nitrogens is 1. The van der Waals surface area contributed by atoms with Gasteiger partial charge in [-0.3, -0.25) is 0 Å². The molecule has 1 aromatic heterocycles. The zero-order valence-electron chi connectivity index (χ0n) is 14.9. The highest BCUT2D eigenvalue weighted by molar-refractivity contribution is 5.79. The highest BCUT2D eigenvalue weighted by atomic mass is 19.1. The molecule has 0 saturated carbocycles. The van der Waals surface area contributed by atoms with Gasteiger partial charge in [0.1, 0.15) is 11.6 Å². The normalized spacial score (nSPS) is 11.5. The molecule has 2 aromatic rings. The van der Waals surface area contributed by atoms with Crippen LogP contribution >= 0.6 is 0 Å². The third-order valence-electron chi connectivity index (χ3n) is 3.28. The van der Waals surface area contributed by atoms with E-state index in [1.165, 1.54) is 12.1 Å². The molecule has 2 N–H and O–H groups in total. The van der Waals surface area contributed by atoms with Gasteiger partial charge in [0.25, 0.3) is 0 Å². The number of nitrogens with zero attached hydrogens (tertiary/aromatic N) is 2. The summed E-state index contributed by atoms with van der Waals surface area (Å²) in [6.45, 7) is 8.51. The van der Waals surface area contributed by atoms with E-state index < -0.39 is 0 Å². The van der Waals surface area contributed by atoms with E-state index in [1.807, 2.05) is 19.1 Å². The second-order valence-corrected chi connectivity index (χ2v) is 6.03. The molecule has 134 valence electrons. The average Bonchev–Trinajstić information content (AvgIpc) is 2.60. The first-order valence-electron chi connectivity index (χ1n) is 8.47. The summed E-state index contributed by atoms with van der Waals surface area (Å²) in [5.74, 6) is 2.03. The predicted octanol–water partition coefficient (Wildman–Crippen LogP) is 3.72. The molecule has 0 aliphatic rings. The van der Waals surface area contributed by atoms with Gasteiger partial charge in [-0.15, -0.1) is 0 Å². The van der Waals surface area contributed by atoms with Crippen molar-refractivity contribution in [3.05, 3.63) is 54.0 Å². The highest BCUT2D eigenvalue weighted by Crippen LogP contribution is 2.20. The first-order chi connectivity index (χ1) is 12.1. The Bertz CT molecular complexity index is 686. The van der Waals surface area contributed by atoms with Gasteiger partial charge in [0.2, 0.25) is 5.88 Å². The van der Waals surface area contributed by atoms with Crippen LogP contribution in [0.25, 0.3) is 0 Å². The molecule has 6 heteroatoms. The fourth-order valence-electron chi connectivity index (χ4n) is 2.04. The first kappa shape index (κ1) is 18.7. The standard InChI is InChI=1S/C19H25FN4O/c1-4-21-19(23-12-14(2)3)24-13-15-9-10-22-18(11-15)25-17-7-5-16(20)6-8-17/h5-11,14H,4,12-13H2,1-3H3,(H2,21,23,24). The number of aliphatic imine (C=N–C) groups is 1. The van der Waals surface area contributed by atoms with Crippen LogP contribution in [0.4, 0.5) is 4.39 Å². The van der Waals surface area contributed by atoms with Gasteiger partial charge in [-0.05, 0) is 48.7 Å². The van der Waals surface area contributed by atoms with Crippen molar-refractivity contribution in [2.75, 3.05) is 13.1 Å². The zero-order valence-corrected chi connectivity index (χ0v) is 14.9. The van der Waals surface area contributed by atoms with Gasteiger partial charge in [-0.1, -0.05) is 13.8 Å². The minimum atomic E-state index is -0.298. The Labute approximate surface area is 148 Å². The Morgan fingerprint density at radius 2 is 1.96 bits per heavy atom. The van der Waals surface area contributed by atoms with Crippen LogP contribution in [0.2, 0.25) is 0 Å². The topological polar surface area (TPSA) is 58.5 Å². The maximum Gasteiger partial charge on any atom is 0.219 e. The van der Waals surface area contributed by atoms with Crippen LogP contribution in [0.1, 0.15) is 26.3 Å². The van der Waals surface area contributed by atoms with E-state index in [4.69, 9.17) is 4.74 Å². The van der Waals surface area contributed by atoms with Crippen LogP contribution in [0.3, 0.4) is 0 Å². The third-order valence-corrected chi connectivity index (χ3v) is 3.28. The number of ether oxygens (including phenoxy) is 1. The van der Waals surface area contributed by atoms with Crippen molar-refractivity contribution in [1.82, 2.24) is 15.6 Å². The van der Waals surface area contributed by atoms with Crippen molar-refractivity contribution in [3.8, 4) is 11.6 Å². The molecule has 2 rings (SSSR count). The molecule has 0 radical (unpaired) electrons. The Morgan fingerprint density at radius 3 is 2.64 bits per heavy atom. The quantitative estimate of drug-likeness (QED) is 0.594. The smallest absolute Gasteiger partial charge is 0.219 e. The van der Waals surface area contributed by atoms with E-state index >= 15 is 0 Å². The molecule has 1 aromatic carbocycles. The largest absolute Gasteiger partial charge is 0.439 e. The molecule has 0 amide bonds. The summed E-state index contributed by atoms with van der Waals surface area (Å²) in [6.07, 6.45) is 1.68. The van der Waals surface area contributed by atoms with E-state index in [-0.39, 0.29) is 5.82 Å². The lowest BCUT2D eigenvalue weighted by Crippen LogP contribution is -2.39. The number of rotatable bonds is 7. The van der Waals surface area contributed by atoms with Gasteiger partial charge < -0.3 is 15.4 Å². The van der Waals surface area contributed by atoms with Gasteiger partial charge in [0, 0.05) is 25.4 Å². The molecule has 1 heterocycles. The van der Waals surface area contributed by atoms with E-state index in [2.05, 4.69) is 34.5 Å². The molecule has 5 nitrogen and oxygen atoms in total. The van der Waals surface area contributed by atoms with Crippen molar-refractivity contribution in [2.45, 2.75) is 27.3 Å². The minimum Gasteiger partial charge on any atom is -0.439 e. The van der Waals surface area contributed by atoms with E-state index in [1.54, 1.807) is 18.3 Å². The lowest BCUT2D eigenvalue weighted by Gasteiger charge is -2.13. The molecular formula is C19H25FN4O. The van der Waals surface area contributed by atoms with Crippen LogP contribution < -0.4 is 15.4 Å². The molecule has 0 unspecified atom stereocenters. The fraction of sp³-hybridized carbons (Fsp3) is 0.368. The summed E-state index contributed by atoms with van der Waals surface area (Å²) in [6, 6.07) is 9.58. The number of nitrogens with one attached hydrogen (secondary N) is 2. The Balaban J connectivity index is 2.01. The maximum absolute atomic E-state index is 12.9. The molecule has 0 saturated heterocycles. The van der Waals surface area contributed by atoms with E-state index in [0.29, 0.717) is 24.1 Å².